The maximum absolute atomic E-state index is 16.5. The Hall–Kier alpha value is -4.64. The van der Waals surface area contributed by atoms with Crippen LogP contribution < -0.4 is 24.8 Å². The average molecular weight is 895 g/mol. The summed E-state index contributed by atoms with van der Waals surface area (Å²) in [4.78, 5) is 24.8. The van der Waals surface area contributed by atoms with Crippen LogP contribution in [0.1, 0.15) is 107 Å². The number of hydrogen-bond acceptors (Lipinski definition) is 9. The van der Waals surface area contributed by atoms with Crippen LogP contribution in [-0.2, 0) is 25.2 Å². The number of carboxylic acids is 2. The first-order chi connectivity index (χ1) is 28.9. The van der Waals surface area contributed by atoms with Crippen molar-refractivity contribution in [1.29, 1.82) is 0 Å². The number of hydrogen-bond donors (Lipinski definition) is 2. The fraction of sp³-hybridized carbons (Fsp3) is 0.400. The summed E-state index contributed by atoms with van der Waals surface area (Å²) in [6.45, 7) is 4.26. The molecule has 1 aromatic heterocycles. The Morgan fingerprint density at radius 3 is 2.26 bits per heavy atom. The largest absolute Gasteiger partial charge is 0.744 e. The van der Waals surface area contributed by atoms with E-state index in [-0.39, 0.29) is 46.8 Å². The molecule has 0 aliphatic carbocycles. The third-order valence-corrected chi connectivity index (χ3v) is 16.2. The third kappa shape index (κ3) is 7.26. The van der Waals surface area contributed by atoms with Gasteiger partial charge >= 0.3 is 11.9 Å². The summed E-state index contributed by atoms with van der Waals surface area (Å²) in [6, 6.07) is 9.09. The van der Waals surface area contributed by atoms with Crippen LogP contribution in [0, 0.1) is 17.5 Å². The first-order valence-electron chi connectivity index (χ1n) is 20.3. The van der Waals surface area contributed by atoms with Gasteiger partial charge in [0.15, 0.2) is 17.2 Å². The van der Waals surface area contributed by atoms with E-state index in [4.69, 9.17) is 14.9 Å². The van der Waals surface area contributed by atoms with Gasteiger partial charge in [-0.2, -0.15) is 0 Å². The summed E-state index contributed by atoms with van der Waals surface area (Å²) >= 11 is 3.12. The molecular formula is C45H45F3N2O8S3. The van der Waals surface area contributed by atoms with Gasteiger partial charge in [0, 0.05) is 99.6 Å². The molecule has 2 unspecified atom stereocenters. The molecule has 0 bridgehead atoms. The van der Waals surface area contributed by atoms with E-state index in [9.17, 15) is 22.6 Å². The lowest BCUT2D eigenvalue weighted by atomic mass is 9.79. The van der Waals surface area contributed by atoms with Crippen molar-refractivity contribution in [3.8, 4) is 21.9 Å². The number of ether oxygens (including phenoxy) is 1. The van der Waals surface area contributed by atoms with E-state index in [0.29, 0.717) is 31.2 Å². The molecule has 10 nitrogen and oxygen atoms in total. The number of likely N-dealkylation sites (N-methyl/N-ethyl adjacent to an activating group) is 1. The topological polar surface area (TPSA) is 147 Å². The average Bonchev–Trinajstić information content (AvgIpc) is 3.90. The fourth-order valence-corrected chi connectivity index (χ4v) is 12.8. The number of rotatable bonds is 14. The van der Waals surface area contributed by atoms with Crippen molar-refractivity contribution < 1.29 is 50.7 Å². The van der Waals surface area contributed by atoms with E-state index in [1.54, 1.807) is 36.0 Å². The van der Waals surface area contributed by atoms with Crippen molar-refractivity contribution in [2.75, 3.05) is 24.7 Å². The normalized spacial score (nSPS) is 20.1. The summed E-state index contributed by atoms with van der Waals surface area (Å²) in [5, 5.41) is 21.2. The van der Waals surface area contributed by atoms with Gasteiger partial charge in [-0.25, -0.2) is 26.2 Å². The highest BCUT2D eigenvalue weighted by Crippen LogP contribution is 2.55. The number of aliphatic carboxylic acids is 2. The Morgan fingerprint density at radius 1 is 0.902 bits per heavy atom. The van der Waals surface area contributed by atoms with E-state index in [2.05, 4.69) is 23.3 Å². The number of fused-ring (bicyclic) bond motifs is 7. The van der Waals surface area contributed by atoms with Gasteiger partial charge in [-0.15, -0.1) is 23.1 Å². The predicted octanol–water partition coefficient (Wildman–Crippen LogP) is 8.57. The van der Waals surface area contributed by atoms with Crippen LogP contribution in [0.15, 0.2) is 52.2 Å². The van der Waals surface area contributed by atoms with E-state index in [1.165, 1.54) is 16.9 Å². The number of benzene rings is 3. The molecule has 16 heteroatoms. The Morgan fingerprint density at radius 2 is 1.59 bits per heavy atom. The molecule has 61 heavy (non-hydrogen) atoms. The molecule has 2 N–H and O–H groups in total. The molecule has 8 rings (SSSR count). The quantitative estimate of drug-likeness (QED) is 0.0481. The van der Waals surface area contributed by atoms with E-state index in [1.807, 2.05) is 25.5 Å². The molecule has 4 aliphatic heterocycles. The van der Waals surface area contributed by atoms with Crippen LogP contribution in [-0.4, -0.2) is 60.5 Å². The van der Waals surface area contributed by atoms with Gasteiger partial charge in [-0.1, -0.05) is 19.3 Å². The molecule has 4 aliphatic rings. The fourth-order valence-electron chi connectivity index (χ4n) is 9.73. The summed E-state index contributed by atoms with van der Waals surface area (Å²) in [7, 11) is -1.81. The summed E-state index contributed by atoms with van der Waals surface area (Å²) in [5.41, 5.74) is 2.28. The van der Waals surface area contributed by atoms with Crippen LogP contribution in [0.4, 0.5) is 18.9 Å². The predicted molar refractivity (Wildman–Crippen MR) is 228 cm³/mol. The number of halogens is 3. The Labute approximate surface area is 359 Å². The zero-order valence-corrected chi connectivity index (χ0v) is 36.6. The van der Waals surface area contributed by atoms with Crippen LogP contribution in [0.2, 0.25) is 0 Å². The van der Waals surface area contributed by atoms with Gasteiger partial charge in [0.2, 0.25) is 5.36 Å². The standard InChI is InChI=1S/C45H45F3N2O8S3/c1-44(15-9-5-7-11-36(51)52)28-13-17-59-41(28)24-19-26-34(22-32(24)49(44)3)58-35-23-33-25(20-27(35)38(26)39-40(48)30(46)21-31(47)43(39)61(55,56)57)42-29(14-18-60-42)45(2,50(33)4)16-10-6-8-12-37(53)54/h13,17,19-23H,5-12,14-16,18H2,1-4H3,(H2-,51,52,53,54,55,56,57). The van der Waals surface area contributed by atoms with Crippen molar-refractivity contribution in [3.63, 3.8) is 0 Å². The van der Waals surface area contributed by atoms with Crippen molar-refractivity contribution in [1.82, 2.24) is 4.58 Å². The second-order valence-electron chi connectivity index (χ2n) is 16.7. The highest BCUT2D eigenvalue weighted by Gasteiger charge is 2.46. The van der Waals surface area contributed by atoms with Gasteiger partial charge in [-0.3, -0.25) is 9.59 Å². The monoisotopic (exact) mass is 894 g/mol. The van der Waals surface area contributed by atoms with E-state index in [0.717, 1.165) is 69.8 Å². The number of carboxylic acid groups (broad SMARTS) is 2. The summed E-state index contributed by atoms with van der Waals surface area (Å²) < 4.78 is 95.2. The molecule has 0 amide bonds. The molecular weight excluding hydrogens is 850 g/mol. The van der Waals surface area contributed by atoms with Crippen molar-refractivity contribution in [3.05, 3.63) is 97.6 Å². The molecule has 0 radical (unpaired) electrons. The van der Waals surface area contributed by atoms with Crippen LogP contribution in [0.25, 0.3) is 20.9 Å². The Balaban J connectivity index is 1.36. The third-order valence-electron chi connectivity index (χ3n) is 13.2. The first kappa shape index (κ1) is 43.0. The van der Waals surface area contributed by atoms with Crippen LogP contribution >= 0.6 is 23.1 Å². The number of anilines is 1. The highest BCUT2D eigenvalue weighted by molar-refractivity contribution is 8.08. The lowest BCUT2D eigenvalue weighted by molar-refractivity contribution is -0.138. The van der Waals surface area contributed by atoms with Gasteiger partial charge in [0.05, 0.1) is 17.2 Å². The van der Waals surface area contributed by atoms with Crippen molar-refractivity contribution in [2.24, 2.45) is 0 Å². The van der Waals surface area contributed by atoms with Crippen molar-refractivity contribution in [2.45, 2.75) is 100 Å². The molecule has 0 fully saturated rings. The summed E-state index contributed by atoms with van der Waals surface area (Å²) in [6.07, 6.45) is 6.45. The molecule has 5 heterocycles. The number of thiophene rings is 1. The van der Waals surface area contributed by atoms with Crippen LogP contribution in [0.5, 0.6) is 11.5 Å². The molecule has 322 valence electrons. The smallest absolute Gasteiger partial charge is 0.303 e. The molecule has 4 aromatic rings. The second kappa shape index (κ2) is 15.9. The molecule has 0 saturated heterocycles. The second-order valence-corrected chi connectivity index (χ2v) is 20.0. The maximum atomic E-state index is 16.5. The number of nitrogens with zero attached hydrogens (tertiary/aromatic N) is 2. The SMILES string of the molecule is CN1c2cc3c(cc2-c2sccc2C1(C)CCCCCC(=O)O)C(c1c(F)c(F)cc(F)c1S(=O)(=O)[O-])=c1cc2c(cc1O3)=[N+](C)C(C)(CCCCCC(=O)O)C1=C2SCC1. The zero-order valence-electron chi connectivity index (χ0n) is 34.1. The number of thioether (sulfide) groups is 1. The first-order valence-corrected chi connectivity index (χ1v) is 23.6. The summed E-state index contributed by atoms with van der Waals surface area (Å²) in [5.74, 6) is -5.63. The van der Waals surface area contributed by atoms with Gasteiger partial charge in [-0.05, 0) is 68.2 Å². The Bertz CT molecular complexity index is 2820. The molecule has 0 spiro atoms. The number of carbonyl (C=O) groups is 2. The van der Waals surface area contributed by atoms with Crippen molar-refractivity contribution >= 4 is 61.3 Å². The lowest BCUT2D eigenvalue weighted by Crippen LogP contribution is -2.51. The lowest BCUT2D eigenvalue weighted by Gasteiger charge is -2.46. The van der Waals surface area contributed by atoms with Crippen LogP contribution in [0.3, 0.4) is 0 Å². The Kier molecular flexibility index (Phi) is 11.2. The van der Waals surface area contributed by atoms with Gasteiger partial charge < -0.3 is 24.4 Å². The van der Waals surface area contributed by atoms with Gasteiger partial charge in [0.1, 0.15) is 39.4 Å². The van der Waals surface area contributed by atoms with Gasteiger partial charge in [0.25, 0.3) is 0 Å². The van der Waals surface area contributed by atoms with E-state index >= 15 is 13.2 Å². The minimum Gasteiger partial charge on any atom is -0.744 e. The minimum absolute atomic E-state index is 0.0736. The molecule has 0 saturated carbocycles. The minimum atomic E-state index is -5.72. The maximum Gasteiger partial charge on any atom is 0.303 e. The highest BCUT2D eigenvalue weighted by atomic mass is 32.2. The molecule has 3 aromatic carbocycles. The molecule has 2 atom stereocenters. The zero-order chi connectivity index (χ0) is 43.8. The van der Waals surface area contributed by atoms with E-state index < -0.39 is 61.0 Å². The number of unbranched alkanes of at least 4 members (excludes halogenated alkanes) is 4.